The van der Waals surface area contributed by atoms with E-state index in [0.29, 0.717) is 0 Å². The van der Waals surface area contributed by atoms with Gasteiger partial charge in [0.1, 0.15) is 11.6 Å². The largest absolute Gasteiger partial charge is 0.334 e. The van der Waals surface area contributed by atoms with E-state index in [2.05, 4.69) is 15.3 Å². The van der Waals surface area contributed by atoms with Crippen molar-refractivity contribution in [2.45, 2.75) is 32.7 Å². The fraction of sp³-hybridized carbons (Fsp3) is 0.353. The van der Waals surface area contributed by atoms with Crippen LogP contribution < -0.4 is 5.32 Å². The van der Waals surface area contributed by atoms with Crippen LogP contribution in [-0.4, -0.2) is 27.3 Å². The molecule has 1 amide bonds. The Kier molecular flexibility index (Phi) is 4.04. The van der Waals surface area contributed by atoms with Gasteiger partial charge in [-0.15, -0.1) is 0 Å². The van der Waals surface area contributed by atoms with E-state index in [1.54, 1.807) is 13.1 Å². The molecule has 1 atom stereocenters. The van der Waals surface area contributed by atoms with Gasteiger partial charge in [-0.25, -0.2) is 9.97 Å². The first-order chi connectivity index (χ1) is 10.6. The van der Waals surface area contributed by atoms with Gasteiger partial charge >= 0.3 is 0 Å². The Morgan fingerprint density at radius 1 is 1.32 bits per heavy atom. The third-order valence-corrected chi connectivity index (χ3v) is 4.03. The van der Waals surface area contributed by atoms with Crippen molar-refractivity contribution >= 4 is 17.5 Å². The fourth-order valence-corrected chi connectivity index (χ4v) is 2.90. The van der Waals surface area contributed by atoms with Gasteiger partial charge in [-0.05, 0) is 43.5 Å². The van der Waals surface area contributed by atoms with Crippen LogP contribution in [0.25, 0.3) is 0 Å². The number of rotatable bonds is 3. The summed E-state index contributed by atoms with van der Waals surface area (Å²) in [5.41, 5.74) is 2.01. The molecule has 0 radical (unpaired) electrons. The maximum absolute atomic E-state index is 11.7. The quantitative estimate of drug-likeness (QED) is 0.945. The maximum atomic E-state index is 11.7. The summed E-state index contributed by atoms with van der Waals surface area (Å²) in [5, 5.41) is 3.25. The topological polar surface area (TPSA) is 58.1 Å². The number of anilines is 2. The summed E-state index contributed by atoms with van der Waals surface area (Å²) in [5.74, 6) is 1.68. The SMILES string of the molecule is CC(=O)N1CCC[C@@H]1c1cccc(Nc2ncccc2C)n1. The van der Waals surface area contributed by atoms with Crippen molar-refractivity contribution < 1.29 is 4.79 Å². The van der Waals surface area contributed by atoms with Crippen LogP contribution in [0.15, 0.2) is 36.5 Å². The van der Waals surface area contributed by atoms with Crippen LogP contribution in [0, 0.1) is 6.92 Å². The molecule has 1 N–H and O–H groups in total. The molecule has 0 bridgehead atoms. The molecular weight excluding hydrogens is 276 g/mol. The molecule has 0 aromatic carbocycles. The highest BCUT2D eigenvalue weighted by molar-refractivity contribution is 5.74. The van der Waals surface area contributed by atoms with Gasteiger partial charge in [-0.1, -0.05) is 12.1 Å². The second kappa shape index (κ2) is 6.13. The van der Waals surface area contributed by atoms with Gasteiger partial charge in [0.05, 0.1) is 11.7 Å². The Bertz CT molecular complexity index is 686. The van der Waals surface area contributed by atoms with E-state index < -0.39 is 0 Å². The highest BCUT2D eigenvalue weighted by atomic mass is 16.2. The molecular formula is C17H20N4O. The van der Waals surface area contributed by atoms with E-state index in [9.17, 15) is 4.79 Å². The fourth-order valence-electron chi connectivity index (χ4n) is 2.90. The lowest BCUT2D eigenvalue weighted by molar-refractivity contribution is -0.129. The number of carbonyl (C=O) groups is 1. The van der Waals surface area contributed by atoms with E-state index in [1.165, 1.54) is 0 Å². The zero-order valence-corrected chi connectivity index (χ0v) is 12.9. The molecule has 22 heavy (non-hydrogen) atoms. The summed E-state index contributed by atoms with van der Waals surface area (Å²) in [6, 6.07) is 9.89. The summed E-state index contributed by atoms with van der Waals surface area (Å²) < 4.78 is 0. The molecule has 1 aliphatic rings. The van der Waals surface area contributed by atoms with Gasteiger partial charge in [-0.3, -0.25) is 4.79 Å². The Hall–Kier alpha value is -2.43. The van der Waals surface area contributed by atoms with E-state index >= 15 is 0 Å². The van der Waals surface area contributed by atoms with E-state index in [4.69, 9.17) is 0 Å². The van der Waals surface area contributed by atoms with Crippen LogP contribution >= 0.6 is 0 Å². The molecule has 0 unspecified atom stereocenters. The molecule has 3 heterocycles. The van der Waals surface area contributed by atoms with Crippen LogP contribution in [0.3, 0.4) is 0 Å². The van der Waals surface area contributed by atoms with E-state index in [1.807, 2.05) is 42.2 Å². The van der Waals surface area contributed by atoms with Gasteiger partial charge in [0.2, 0.25) is 5.91 Å². The van der Waals surface area contributed by atoms with Crippen LogP contribution in [0.5, 0.6) is 0 Å². The molecule has 2 aromatic heterocycles. The Morgan fingerprint density at radius 2 is 2.18 bits per heavy atom. The minimum atomic E-state index is 0.0871. The van der Waals surface area contributed by atoms with Gasteiger partial charge < -0.3 is 10.2 Å². The predicted octanol–water partition coefficient (Wildman–Crippen LogP) is 3.21. The van der Waals surface area contributed by atoms with Crippen LogP contribution in [0.4, 0.5) is 11.6 Å². The molecule has 1 saturated heterocycles. The number of aryl methyl sites for hydroxylation is 1. The minimum absolute atomic E-state index is 0.0871. The van der Waals surface area contributed by atoms with Gasteiger partial charge in [0, 0.05) is 19.7 Å². The highest BCUT2D eigenvalue weighted by Gasteiger charge is 2.28. The zero-order valence-electron chi connectivity index (χ0n) is 12.9. The number of pyridine rings is 2. The first kappa shape index (κ1) is 14.5. The Balaban J connectivity index is 1.84. The number of hydrogen-bond donors (Lipinski definition) is 1. The summed E-state index contributed by atoms with van der Waals surface area (Å²) in [6.07, 6.45) is 3.76. The first-order valence-electron chi connectivity index (χ1n) is 7.58. The Labute approximate surface area is 130 Å². The lowest BCUT2D eigenvalue weighted by atomic mass is 10.1. The smallest absolute Gasteiger partial charge is 0.220 e. The maximum Gasteiger partial charge on any atom is 0.220 e. The van der Waals surface area contributed by atoms with Crippen molar-refractivity contribution in [1.29, 1.82) is 0 Å². The third-order valence-electron chi connectivity index (χ3n) is 4.03. The third kappa shape index (κ3) is 2.93. The highest BCUT2D eigenvalue weighted by Crippen LogP contribution is 2.31. The van der Waals surface area contributed by atoms with Crippen molar-refractivity contribution in [2.75, 3.05) is 11.9 Å². The Morgan fingerprint density at radius 3 is 2.95 bits per heavy atom. The predicted molar refractivity (Wildman–Crippen MR) is 85.9 cm³/mol. The molecule has 0 saturated carbocycles. The van der Waals surface area contributed by atoms with Crippen molar-refractivity contribution in [1.82, 2.24) is 14.9 Å². The number of likely N-dealkylation sites (tertiary alicyclic amines) is 1. The van der Waals surface area contributed by atoms with Crippen molar-refractivity contribution in [3.8, 4) is 0 Å². The average molecular weight is 296 g/mol. The van der Waals surface area contributed by atoms with E-state index in [-0.39, 0.29) is 11.9 Å². The molecule has 0 spiro atoms. The molecule has 114 valence electrons. The van der Waals surface area contributed by atoms with E-state index in [0.717, 1.165) is 42.3 Å². The number of nitrogens with one attached hydrogen (secondary N) is 1. The second-order valence-electron chi connectivity index (χ2n) is 5.61. The second-order valence-corrected chi connectivity index (χ2v) is 5.61. The van der Waals surface area contributed by atoms with Gasteiger partial charge in [-0.2, -0.15) is 0 Å². The van der Waals surface area contributed by atoms with Crippen molar-refractivity contribution in [3.05, 3.63) is 47.8 Å². The summed E-state index contributed by atoms with van der Waals surface area (Å²) in [7, 11) is 0. The normalized spacial score (nSPS) is 17.5. The monoisotopic (exact) mass is 296 g/mol. The zero-order chi connectivity index (χ0) is 15.5. The minimum Gasteiger partial charge on any atom is -0.334 e. The summed E-state index contributed by atoms with van der Waals surface area (Å²) >= 11 is 0. The summed E-state index contributed by atoms with van der Waals surface area (Å²) in [6.45, 7) is 4.45. The van der Waals surface area contributed by atoms with Gasteiger partial charge in [0.25, 0.3) is 0 Å². The molecule has 5 heteroatoms. The van der Waals surface area contributed by atoms with Crippen LogP contribution in [0.1, 0.15) is 37.1 Å². The molecule has 1 aliphatic heterocycles. The number of amides is 1. The number of hydrogen-bond acceptors (Lipinski definition) is 4. The average Bonchev–Trinajstić information content (AvgIpc) is 3.00. The lowest BCUT2D eigenvalue weighted by Crippen LogP contribution is -2.28. The summed E-state index contributed by atoms with van der Waals surface area (Å²) in [4.78, 5) is 22.6. The molecule has 3 rings (SSSR count). The van der Waals surface area contributed by atoms with Crippen molar-refractivity contribution in [2.24, 2.45) is 0 Å². The van der Waals surface area contributed by atoms with Crippen LogP contribution in [0.2, 0.25) is 0 Å². The number of aromatic nitrogens is 2. The van der Waals surface area contributed by atoms with Crippen molar-refractivity contribution in [3.63, 3.8) is 0 Å². The van der Waals surface area contributed by atoms with Crippen LogP contribution in [-0.2, 0) is 4.79 Å². The standard InChI is InChI=1S/C17H20N4O/c1-12-6-4-10-18-17(12)20-16-9-3-7-14(19-16)15-8-5-11-21(15)13(2)22/h3-4,6-7,9-10,15H,5,8,11H2,1-2H3,(H,18,19,20)/t15-/m1/s1. The number of nitrogens with zero attached hydrogens (tertiary/aromatic N) is 3. The molecule has 0 aliphatic carbocycles. The lowest BCUT2D eigenvalue weighted by Gasteiger charge is -2.23. The molecule has 1 fully saturated rings. The number of carbonyl (C=O) groups excluding carboxylic acids is 1. The molecule has 5 nitrogen and oxygen atoms in total. The van der Waals surface area contributed by atoms with Gasteiger partial charge in [0.15, 0.2) is 0 Å². The molecule has 2 aromatic rings. The first-order valence-corrected chi connectivity index (χ1v) is 7.58.